The molecule has 2 aromatic heterocycles. The van der Waals surface area contributed by atoms with Crippen molar-refractivity contribution in [2.75, 3.05) is 18.2 Å². The van der Waals surface area contributed by atoms with Gasteiger partial charge in [-0.15, -0.1) is 0 Å². The second-order valence-corrected chi connectivity index (χ2v) is 10.4. The van der Waals surface area contributed by atoms with E-state index in [1.54, 1.807) is 19.4 Å². The first-order valence-corrected chi connectivity index (χ1v) is 12.3. The highest BCUT2D eigenvalue weighted by Crippen LogP contribution is 2.30. The fourth-order valence-corrected chi connectivity index (χ4v) is 4.57. The monoisotopic (exact) mass is 495 g/mol. The molecule has 0 aliphatic heterocycles. The van der Waals surface area contributed by atoms with Crippen molar-refractivity contribution >= 4 is 28.6 Å². The van der Waals surface area contributed by atoms with Gasteiger partial charge in [-0.2, -0.15) is 0 Å². The number of hydrogen-bond donors (Lipinski definition) is 2. The molecule has 8 nitrogen and oxygen atoms in total. The molecule has 2 heterocycles. The minimum atomic E-state index is -0.487. The van der Waals surface area contributed by atoms with Gasteiger partial charge < -0.3 is 20.5 Å². The largest absolute Gasteiger partial charge is 0.460 e. The predicted molar refractivity (Wildman–Crippen MR) is 138 cm³/mol. The number of hydrogen-bond acceptors (Lipinski definition) is 8. The normalized spacial score (nSPS) is 18.2. The van der Waals surface area contributed by atoms with Gasteiger partial charge >= 0.3 is 5.97 Å². The van der Waals surface area contributed by atoms with Crippen LogP contribution < -0.4 is 11.1 Å². The maximum atomic E-state index is 14.0. The van der Waals surface area contributed by atoms with Crippen LogP contribution in [-0.4, -0.2) is 39.7 Å². The van der Waals surface area contributed by atoms with E-state index in [2.05, 4.69) is 15.3 Å². The number of nitrogens with zero attached hydrogens (tertiary/aromatic N) is 3. The third kappa shape index (κ3) is 6.46. The van der Waals surface area contributed by atoms with Crippen LogP contribution in [0.15, 0.2) is 30.5 Å². The number of fused-ring (bicyclic) bond motifs is 1. The Balaban J connectivity index is 1.46. The zero-order chi connectivity index (χ0) is 25.9. The van der Waals surface area contributed by atoms with Crippen molar-refractivity contribution in [1.29, 1.82) is 0 Å². The molecule has 3 aromatic rings. The van der Waals surface area contributed by atoms with Gasteiger partial charge in [0.1, 0.15) is 16.9 Å². The van der Waals surface area contributed by atoms with Crippen molar-refractivity contribution in [2.24, 2.45) is 5.92 Å². The smallest absolute Gasteiger partial charge is 0.306 e. The van der Waals surface area contributed by atoms with Gasteiger partial charge in [0.15, 0.2) is 0 Å². The van der Waals surface area contributed by atoms with Crippen molar-refractivity contribution in [3.8, 4) is 11.3 Å². The summed E-state index contributed by atoms with van der Waals surface area (Å²) >= 11 is 0. The lowest BCUT2D eigenvalue weighted by molar-refractivity contribution is -0.156. The zero-order valence-corrected chi connectivity index (χ0v) is 21.3. The van der Waals surface area contributed by atoms with E-state index in [1.165, 1.54) is 12.1 Å². The molecular formula is C27H34FN5O3. The molecule has 0 spiro atoms. The van der Waals surface area contributed by atoms with Crippen molar-refractivity contribution in [3.63, 3.8) is 0 Å². The number of rotatable bonds is 7. The molecule has 1 aliphatic rings. The fraction of sp³-hybridized carbons (Fsp3) is 0.481. The number of nitrogen functional groups attached to an aromatic ring is 1. The van der Waals surface area contributed by atoms with Crippen LogP contribution >= 0.6 is 0 Å². The van der Waals surface area contributed by atoms with Crippen LogP contribution in [0.3, 0.4) is 0 Å². The number of benzene rings is 1. The Morgan fingerprint density at radius 1 is 1.17 bits per heavy atom. The molecule has 1 saturated carbocycles. The van der Waals surface area contributed by atoms with E-state index in [0.717, 1.165) is 31.2 Å². The van der Waals surface area contributed by atoms with Crippen molar-refractivity contribution in [2.45, 2.75) is 71.1 Å². The molecule has 0 unspecified atom stereocenters. The Bertz CT molecular complexity index is 1240. The summed E-state index contributed by atoms with van der Waals surface area (Å²) in [6.45, 7) is 6.00. The lowest BCUT2D eigenvalue weighted by Gasteiger charge is -2.29. The molecule has 0 atom stereocenters. The molecule has 192 valence electrons. The Labute approximate surface area is 210 Å². The van der Waals surface area contributed by atoms with Gasteiger partial charge in [0, 0.05) is 30.7 Å². The zero-order valence-electron chi connectivity index (χ0n) is 21.3. The summed E-state index contributed by atoms with van der Waals surface area (Å²) in [5, 5.41) is 3.44. The predicted octanol–water partition coefficient (Wildman–Crippen LogP) is 5.26. The average molecular weight is 496 g/mol. The first-order valence-electron chi connectivity index (χ1n) is 12.3. The van der Waals surface area contributed by atoms with E-state index in [1.807, 2.05) is 26.8 Å². The number of halogens is 1. The van der Waals surface area contributed by atoms with Gasteiger partial charge in [0.05, 0.1) is 29.7 Å². The number of carbonyl (C=O) groups excluding carboxylic acids is 1. The van der Waals surface area contributed by atoms with E-state index >= 15 is 0 Å². The van der Waals surface area contributed by atoms with Crippen LogP contribution in [0, 0.1) is 11.7 Å². The van der Waals surface area contributed by atoms with Crippen molar-refractivity contribution in [3.05, 3.63) is 41.8 Å². The molecule has 3 N–H and O–H groups in total. The minimum Gasteiger partial charge on any atom is -0.460 e. The summed E-state index contributed by atoms with van der Waals surface area (Å²) in [4.78, 5) is 26.0. The SMILES string of the molecule is COCc1cc(-c2ccc(N)c(F)c2)nc2cnc(NC3CCC(CC(=O)OC(C)(C)C)CC3)nc12. The molecular weight excluding hydrogens is 461 g/mol. The summed E-state index contributed by atoms with van der Waals surface area (Å²) in [6, 6.07) is 6.72. The third-order valence-electron chi connectivity index (χ3n) is 6.28. The average Bonchev–Trinajstić information content (AvgIpc) is 2.81. The fourth-order valence-electron chi connectivity index (χ4n) is 4.57. The Hall–Kier alpha value is -3.33. The Kier molecular flexibility index (Phi) is 7.68. The maximum absolute atomic E-state index is 14.0. The molecule has 1 fully saturated rings. The Morgan fingerprint density at radius 2 is 1.92 bits per heavy atom. The van der Waals surface area contributed by atoms with Crippen LogP contribution in [0.2, 0.25) is 0 Å². The molecule has 9 heteroatoms. The third-order valence-corrected chi connectivity index (χ3v) is 6.28. The molecule has 1 aliphatic carbocycles. The lowest BCUT2D eigenvalue weighted by Crippen LogP contribution is -2.30. The molecule has 36 heavy (non-hydrogen) atoms. The standard InChI is InChI=1S/C27H34FN5O3/c1-27(2,3)36-24(34)11-16-5-8-19(9-6-16)31-26-30-14-23-25(33-26)18(15-35-4)13-22(32-23)17-7-10-21(29)20(28)12-17/h7,10,12-14,16,19H,5-6,8-9,11,15,29H2,1-4H3,(H,30,31,33). The van der Waals surface area contributed by atoms with Gasteiger partial charge in [0.2, 0.25) is 5.95 Å². The first kappa shape index (κ1) is 25.8. The topological polar surface area (TPSA) is 112 Å². The summed E-state index contributed by atoms with van der Waals surface area (Å²) < 4.78 is 24.9. The second-order valence-electron chi connectivity index (χ2n) is 10.4. The summed E-state index contributed by atoms with van der Waals surface area (Å²) in [7, 11) is 1.62. The molecule has 0 amide bonds. The quantitative estimate of drug-likeness (QED) is 0.337. The van der Waals surface area contributed by atoms with Crippen molar-refractivity contribution in [1.82, 2.24) is 15.0 Å². The summed E-state index contributed by atoms with van der Waals surface area (Å²) in [5.74, 6) is 0.253. The number of aromatic nitrogens is 3. The van der Waals surface area contributed by atoms with Crippen LogP contribution in [-0.2, 0) is 20.9 Å². The molecule has 0 bridgehead atoms. The van der Waals surface area contributed by atoms with E-state index < -0.39 is 11.4 Å². The highest BCUT2D eigenvalue weighted by atomic mass is 19.1. The minimum absolute atomic E-state index is 0.0922. The van der Waals surface area contributed by atoms with Gasteiger partial charge in [-0.3, -0.25) is 4.79 Å². The van der Waals surface area contributed by atoms with Gasteiger partial charge in [0.25, 0.3) is 0 Å². The summed E-state index contributed by atoms with van der Waals surface area (Å²) in [5.41, 5.74) is 8.59. The maximum Gasteiger partial charge on any atom is 0.306 e. The number of methoxy groups -OCH3 is 1. The number of carbonyl (C=O) groups is 1. The molecule has 4 rings (SSSR count). The number of nitrogens with two attached hydrogens (primary N) is 1. The highest BCUT2D eigenvalue weighted by Gasteiger charge is 2.26. The van der Waals surface area contributed by atoms with Gasteiger partial charge in [-0.25, -0.2) is 19.3 Å². The number of pyridine rings is 1. The summed E-state index contributed by atoms with van der Waals surface area (Å²) in [6.07, 6.45) is 5.89. The number of ether oxygens (including phenoxy) is 2. The van der Waals surface area contributed by atoms with E-state index in [9.17, 15) is 9.18 Å². The van der Waals surface area contributed by atoms with Crippen molar-refractivity contribution < 1.29 is 18.7 Å². The molecule has 0 radical (unpaired) electrons. The lowest BCUT2D eigenvalue weighted by atomic mass is 9.84. The van der Waals surface area contributed by atoms with Gasteiger partial charge in [-0.1, -0.05) is 6.07 Å². The first-order chi connectivity index (χ1) is 17.1. The van der Waals surface area contributed by atoms with E-state index in [-0.39, 0.29) is 17.7 Å². The molecule has 1 aromatic carbocycles. The second kappa shape index (κ2) is 10.7. The van der Waals surface area contributed by atoms with Crippen LogP contribution in [0.5, 0.6) is 0 Å². The van der Waals surface area contributed by atoms with Gasteiger partial charge in [-0.05, 0) is 70.6 Å². The van der Waals surface area contributed by atoms with Crippen LogP contribution in [0.4, 0.5) is 16.0 Å². The highest BCUT2D eigenvalue weighted by molar-refractivity contribution is 5.82. The number of anilines is 2. The number of esters is 1. The number of nitrogens with one attached hydrogen (secondary N) is 1. The Morgan fingerprint density at radius 3 is 2.58 bits per heavy atom. The van der Waals surface area contributed by atoms with Crippen LogP contribution in [0.1, 0.15) is 58.4 Å². The van der Waals surface area contributed by atoms with E-state index in [0.29, 0.717) is 47.2 Å². The van der Waals surface area contributed by atoms with E-state index in [4.69, 9.17) is 20.2 Å². The van der Waals surface area contributed by atoms with Crippen LogP contribution in [0.25, 0.3) is 22.3 Å². The molecule has 0 saturated heterocycles.